The number of hydrogen-bond acceptors (Lipinski definition) is 1. The van der Waals surface area contributed by atoms with Gasteiger partial charge >= 0.3 is 0 Å². The second-order valence-corrected chi connectivity index (χ2v) is 3.20. The first-order valence-electron chi connectivity index (χ1n) is 3.42. The fraction of sp³-hybridized carbons (Fsp3) is 0.250. The van der Waals surface area contributed by atoms with Crippen molar-refractivity contribution in [1.82, 2.24) is 0 Å². The molecule has 0 aromatic heterocycles. The lowest BCUT2D eigenvalue weighted by atomic mass is 10.1. The Hall–Kier alpha value is -0.190. The molecule has 0 spiro atoms. The van der Waals surface area contributed by atoms with Gasteiger partial charge in [-0.25, -0.2) is 8.78 Å². The van der Waals surface area contributed by atoms with E-state index in [1.165, 1.54) is 12.1 Å². The third-order valence-electron chi connectivity index (χ3n) is 1.55. The summed E-state index contributed by atoms with van der Waals surface area (Å²) in [6.45, 7) is -0.692. The molecule has 0 heterocycles. The molecule has 1 aromatic rings. The molecule has 0 radical (unpaired) electrons. The van der Waals surface area contributed by atoms with Gasteiger partial charge in [-0.15, -0.1) is 12.4 Å². The third-order valence-corrected chi connectivity index (χ3v) is 2.38. The Labute approximate surface area is 89.9 Å². The van der Waals surface area contributed by atoms with Crippen molar-refractivity contribution >= 4 is 28.3 Å². The lowest BCUT2D eigenvalue weighted by molar-refractivity contribution is 0.435. The largest absolute Gasteiger partial charge is 0.322 e. The van der Waals surface area contributed by atoms with Crippen molar-refractivity contribution in [3.63, 3.8) is 0 Å². The Bertz CT molecular complexity index is 283. The molecular weight excluding hydrogens is 263 g/mol. The SMILES string of the molecule is Cl.N[C@H](CF)c1cccc(F)c1Br. The summed E-state index contributed by atoms with van der Waals surface area (Å²) in [6.07, 6.45) is 0. The first-order valence-corrected chi connectivity index (χ1v) is 4.21. The van der Waals surface area contributed by atoms with E-state index in [0.717, 1.165) is 0 Å². The average Bonchev–Trinajstić information content (AvgIpc) is 2.08. The molecule has 1 nitrogen and oxygen atoms in total. The van der Waals surface area contributed by atoms with Crippen LogP contribution < -0.4 is 5.73 Å². The predicted octanol–water partition coefficient (Wildman–Crippen LogP) is 2.98. The molecule has 0 aliphatic heterocycles. The molecule has 0 unspecified atom stereocenters. The van der Waals surface area contributed by atoms with E-state index >= 15 is 0 Å². The standard InChI is InChI=1S/C8H8BrF2N.ClH/c9-8-5(7(12)4-10)2-1-3-6(8)11;/h1-3,7H,4,12H2;1H/t7-;/m1./s1. The van der Waals surface area contributed by atoms with Crippen LogP contribution in [0.2, 0.25) is 0 Å². The van der Waals surface area contributed by atoms with Gasteiger partial charge in [0.15, 0.2) is 0 Å². The molecule has 13 heavy (non-hydrogen) atoms. The Morgan fingerprint density at radius 3 is 2.62 bits per heavy atom. The highest BCUT2D eigenvalue weighted by Crippen LogP contribution is 2.24. The van der Waals surface area contributed by atoms with Crippen molar-refractivity contribution in [1.29, 1.82) is 0 Å². The second kappa shape index (κ2) is 5.52. The molecule has 0 aliphatic carbocycles. The molecule has 1 atom stereocenters. The van der Waals surface area contributed by atoms with Crippen LogP contribution in [0, 0.1) is 5.82 Å². The van der Waals surface area contributed by atoms with E-state index in [4.69, 9.17) is 5.73 Å². The monoisotopic (exact) mass is 271 g/mol. The first-order chi connectivity index (χ1) is 5.66. The molecule has 74 valence electrons. The maximum atomic E-state index is 12.9. The van der Waals surface area contributed by atoms with Crippen LogP contribution in [0.4, 0.5) is 8.78 Å². The maximum Gasteiger partial charge on any atom is 0.137 e. The van der Waals surface area contributed by atoms with Crippen LogP contribution >= 0.6 is 28.3 Å². The Kier molecular flexibility index (Phi) is 5.44. The van der Waals surface area contributed by atoms with Gasteiger partial charge in [0, 0.05) is 0 Å². The van der Waals surface area contributed by atoms with Gasteiger partial charge in [0.25, 0.3) is 0 Å². The summed E-state index contributed by atoms with van der Waals surface area (Å²) in [5.74, 6) is -0.420. The van der Waals surface area contributed by atoms with E-state index < -0.39 is 18.5 Å². The highest BCUT2D eigenvalue weighted by atomic mass is 79.9. The Balaban J connectivity index is 0.00000144. The minimum Gasteiger partial charge on any atom is -0.322 e. The summed E-state index contributed by atoms with van der Waals surface area (Å²) in [7, 11) is 0. The number of nitrogens with two attached hydrogens (primary N) is 1. The molecule has 1 rings (SSSR count). The summed E-state index contributed by atoms with van der Waals surface area (Å²) < 4.78 is 25.2. The van der Waals surface area contributed by atoms with Crippen LogP contribution in [0.1, 0.15) is 11.6 Å². The molecule has 5 heteroatoms. The fourth-order valence-electron chi connectivity index (χ4n) is 0.890. The molecule has 2 N–H and O–H groups in total. The van der Waals surface area contributed by atoms with Crippen molar-refractivity contribution in [3.8, 4) is 0 Å². The molecular formula is C8H9BrClF2N. The van der Waals surface area contributed by atoms with Crippen LogP contribution in [0.3, 0.4) is 0 Å². The van der Waals surface area contributed by atoms with Gasteiger partial charge in [0.05, 0.1) is 10.5 Å². The van der Waals surface area contributed by atoms with E-state index in [-0.39, 0.29) is 16.9 Å². The molecule has 0 saturated carbocycles. The number of benzene rings is 1. The van der Waals surface area contributed by atoms with Crippen molar-refractivity contribution in [2.24, 2.45) is 5.73 Å². The second-order valence-electron chi connectivity index (χ2n) is 2.40. The maximum absolute atomic E-state index is 12.9. The topological polar surface area (TPSA) is 26.0 Å². The Morgan fingerprint density at radius 1 is 1.46 bits per heavy atom. The smallest absolute Gasteiger partial charge is 0.137 e. The van der Waals surface area contributed by atoms with Gasteiger partial charge in [-0.3, -0.25) is 0 Å². The number of hydrogen-bond donors (Lipinski definition) is 1. The first kappa shape index (κ1) is 12.8. The van der Waals surface area contributed by atoms with Gasteiger partial charge < -0.3 is 5.73 Å². The van der Waals surface area contributed by atoms with Crippen molar-refractivity contribution in [2.75, 3.05) is 6.67 Å². The summed E-state index contributed by atoms with van der Waals surface area (Å²) in [6, 6.07) is 3.64. The predicted molar refractivity (Wildman–Crippen MR) is 54.3 cm³/mol. The normalized spacial score (nSPS) is 12.0. The van der Waals surface area contributed by atoms with Crippen LogP contribution in [0.15, 0.2) is 22.7 Å². The van der Waals surface area contributed by atoms with Gasteiger partial charge in [-0.1, -0.05) is 12.1 Å². The lowest BCUT2D eigenvalue weighted by Gasteiger charge is -2.09. The van der Waals surface area contributed by atoms with Crippen LogP contribution in [0.25, 0.3) is 0 Å². The average molecular weight is 273 g/mol. The van der Waals surface area contributed by atoms with Crippen molar-refractivity contribution < 1.29 is 8.78 Å². The quantitative estimate of drug-likeness (QED) is 0.880. The molecule has 0 bridgehead atoms. The van der Waals surface area contributed by atoms with Gasteiger partial charge in [0.2, 0.25) is 0 Å². The molecule has 0 fully saturated rings. The molecule has 0 aliphatic rings. The molecule has 1 aromatic carbocycles. The minimum absolute atomic E-state index is 0. The van der Waals surface area contributed by atoms with Crippen LogP contribution in [-0.4, -0.2) is 6.67 Å². The van der Waals surface area contributed by atoms with E-state index in [2.05, 4.69) is 15.9 Å². The summed E-state index contributed by atoms with van der Waals surface area (Å²) in [5, 5.41) is 0. The van der Waals surface area contributed by atoms with Crippen molar-refractivity contribution in [3.05, 3.63) is 34.1 Å². The van der Waals surface area contributed by atoms with E-state index in [1.54, 1.807) is 6.07 Å². The highest BCUT2D eigenvalue weighted by Gasteiger charge is 2.11. The summed E-state index contributed by atoms with van der Waals surface area (Å²) in [4.78, 5) is 0. The van der Waals surface area contributed by atoms with Crippen LogP contribution in [0.5, 0.6) is 0 Å². The summed E-state index contributed by atoms with van der Waals surface area (Å²) in [5.41, 5.74) is 5.85. The highest BCUT2D eigenvalue weighted by molar-refractivity contribution is 9.10. The lowest BCUT2D eigenvalue weighted by Crippen LogP contribution is -2.13. The van der Waals surface area contributed by atoms with Gasteiger partial charge in [-0.2, -0.15) is 0 Å². The minimum atomic E-state index is -0.755. The van der Waals surface area contributed by atoms with E-state index in [9.17, 15) is 8.78 Å². The summed E-state index contributed by atoms with van der Waals surface area (Å²) >= 11 is 3.00. The van der Waals surface area contributed by atoms with Crippen molar-refractivity contribution in [2.45, 2.75) is 6.04 Å². The van der Waals surface area contributed by atoms with E-state index in [0.29, 0.717) is 5.56 Å². The van der Waals surface area contributed by atoms with Crippen LogP contribution in [-0.2, 0) is 0 Å². The number of halogens is 4. The zero-order chi connectivity index (χ0) is 9.14. The number of rotatable bonds is 2. The van der Waals surface area contributed by atoms with Gasteiger partial charge in [-0.05, 0) is 27.6 Å². The number of alkyl halides is 1. The van der Waals surface area contributed by atoms with Gasteiger partial charge in [0.1, 0.15) is 12.5 Å². The molecule has 0 saturated heterocycles. The molecule has 0 amide bonds. The fourth-order valence-corrected chi connectivity index (χ4v) is 1.45. The third kappa shape index (κ3) is 2.90. The zero-order valence-corrected chi connectivity index (χ0v) is 9.04. The zero-order valence-electron chi connectivity index (χ0n) is 6.64. The van der Waals surface area contributed by atoms with E-state index in [1.807, 2.05) is 0 Å². The Morgan fingerprint density at radius 2 is 2.08 bits per heavy atom.